The fourth-order valence-corrected chi connectivity index (χ4v) is 3.79. The lowest BCUT2D eigenvalue weighted by molar-refractivity contribution is 0.0918. The van der Waals surface area contributed by atoms with Gasteiger partial charge in [0, 0.05) is 44.8 Å². The van der Waals surface area contributed by atoms with Crippen molar-refractivity contribution >= 4 is 43.6 Å². The second kappa shape index (κ2) is 7.41. The predicted octanol–water partition coefficient (Wildman–Crippen LogP) is 3.57. The number of nitrogens with one attached hydrogen (secondary N) is 1. The number of anilines is 1. The van der Waals surface area contributed by atoms with E-state index in [0.29, 0.717) is 25.5 Å². The van der Waals surface area contributed by atoms with Crippen LogP contribution in [0.2, 0.25) is 0 Å². The molecular formula is C18H23N3O3S. The molecule has 1 aromatic carbocycles. The maximum Gasteiger partial charge on any atom is 0.287 e. The standard InChI is InChI=1S/C18H23N3O3S/c1-5-23-10-6-9-19-17(22)15-11(2)14-13(24-15)8-7-12-16(14)25-18(20-12)21(3)4/h7-8H,5-6,9-10H2,1-4H3,(H,19,22). The molecule has 0 unspecified atom stereocenters. The summed E-state index contributed by atoms with van der Waals surface area (Å²) in [6, 6.07) is 3.82. The molecule has 2 aromatic heterocycles. The third-order valence-electron chi connectivity index (χ3n) is 3.98. The molecule has 0 bridgehead atoms. The fraction of sp³-hybridized carbons (Fsp3) is 0.444. The molecule has 0 aliphatic rings. The molecule has 6 nitrogen and oxygen atoms in total. The van der Waals surface area contributed by atoms with Crippen LogP contribution in [-0.4, -0.2) is 44.7 Å². The van der Waals surface area contributed by atoms with E-state index < -0.39 is 0 Å². The second-order valence-corrected chi connectivity index (χ2v) is 7.02. The Bertz CT molecular complexity index is 898. The van der Waals surface area contributed by atoms with E-state index in [2.05, 4.69) is 10.3 Å². The summed E-state index contributed by atoms with van der Waals surface area (Å²) in [5.41, 5.74) is 2.50. The van der Waals surface area contributed by atoms with Crippen LogP contribution < -0.4 is 10.2 Å². The average molecular weight is 361 g/mol. The smallest absolute Gasteiger partial charge is 0.287 e. The first-order valence-electron chi connectivity index (χ1n) is 8.38. The average Bonchev–Trinajstić information content (AvgIpc) is 3.15. The van der Waals surface area contributed by atoms with Gasteiger partial charge in [-0.1, -0.05) is 11.3 Å². The van der Waals surface area contributed by atoms with Crippen LogP contribution in [-0.2, 0) is 4.74 Å². The van der Waals surface area contributed by atoms with E-state index in [4.69, 9.17) is 9.15 Å². The number of nitrogens with zero attached hydrogens (tertiary/aromatic N) is 2. The quantitative estimate of drug-likeness (QED) is 0.652. The summed E-state index contributed by atoms with van der Waals surface area (Å²) < 4.78 is 12.2. The van der Waals surface area contributed by atoms with Gasteiger partial charge in [-0.3, -0.25) is 4.79 Å². The zero-order valence-corrected chi connectivity index (χ0v) is 15.8. The summed E-state index contributed by atoms with van der Waals surface area (Å²) >= 11 is 1.61. The molecule has 0 atom stereocenters. The van der Waals surface area contributed by atoms with Crippen molar-refractivity contribution in [3.8, 4) is 0 Å². The van der Waals surface area contributed by atoms with Crippen LogP contribution in [0.3, 0.4) is 0 Å². The maximum atomic E-state index is 12.5. The number of aryl methyl sites for hydroxylation is 1. The Balaban J connectivity index is 1.88. The number of benzene rings is 1. The SMILES string of the molecule is CCOCCCNC(=O)c1oc2ccc3nc(N(C)C)sc3c2c1C. The van der Waals surface area contributed by atoms with Crippen LogP contribution in [0, 0.1) is 6.92 Å². The molecule has 1 amide bonds. The predicted molar refractivity (Wildman–Crippen MR) is 102 cm³/mol. The van der Waals surface area contributed by atoms with Crippen molar-refractivity contribution in [2.24, 2.45) is 0 Å². The van der Waals surface area contributed by atoms with Crippen molar-refractivity contribution in [3.63, 3.8) is 0 Å². The number of furan rings is 1. The van der Waals surface area contributed by atoms with E-state index in [1.807, 2.05) is 45.0 Å². The van der Waals surface area contributed by atoms with Gasteiger partial charge in [-0.25, -0.2) is 4.98 Å². The van der Waals surface area contributed by atoms with E-state index >= 15 is 0 Å². The molecule has 3 aromatic rings. The largest absolute Gasteiger partial charge is 0.451 e. The zero-order valence-electron chi connectivity index (χ0n) is 15.0. The van der Waals surface area contributed by atoms with Crippen LogP contribution in [0.4, 0.5) is 5.13 Å². The first-order chi connectivity index (χ1) is 12.0. The number of hydrogen-bond donors (Lipinski definition) is 1. The van der Waals surface area contributed by atoms with Crippen molar-refractivity contribution in [2.75, 3.05) is 38.8 Å². The van der Waals surface area contributed by atoms with E-state index in [-0.39, 0.29) is 5.91 Å². The number of rotatable bonds is 7. The first-order valence-corrected chi connectivity index (χ1v) is 9.20. The first kappa shape index (κ1) is 17.7. The fourth-order valence-electron chi connectivity index (χ4n) is 2.71. The highest BCUT2D eigenvalue weighted by molar-refractivity contribution is 7.23. The molecule has 2 heterocycles. The lowest BCUT2D eigenvalue weighted by Crippen LogP contribution is -2.25. The number of aromatic nitrogens is 1. The molecule has 25 heavy (non-hydrogen) atoms. The van der Waals surface area contributed by atoms with Gasteiger partial charge in [-0.05, 0) is 32.4 Å². The topological polar surface area (TPSA) is 67.6 Å². The van der Waals surface area contributed by atoms with Crippen molar-refractivity contribution < 1.29 is 13.9 Å². The Morgan fingerprint density at radius 1 is 1.40 bits per heavy atom. The summed E-state index contributed by atoms with van der Waals surface area (Å²) in [5, 5.41) is 4.81. The second-order valence-electron chi connectivity index (χ2n) is 6.04. The van der Waals surface area contributed by atoms with Gasteiger partial charge in [-0.15, -0.1) is 0 Å². The van der Waals surface area contributed by atoms with Crippen LogP contribution >= 0.6 is 11.3 Å². The van der Waals surface area contributed by atoms with E-state index in [1.165, 1.54) is 0 Å². The molecule has 1 N–H and O–H groups in total. The number of carbonyl (C=O) groups is 1. The molecular weight excluding hydrogens is 338 g/mol. The normalized spacial score (nSPS) is 11.4. The summed E-state index contributed by atoms with van der Waals surface area (Å²) in [4.78, 5) is 19.1. The Kier molecular flexibility index (Phi) is 5.24. The van der Waals surface area contributed by atoms with Crippen LogP contribution in [0.25, 0.3) is 21.2 Å². The van der Waals surface area contributed by atoms with Gasteiger partial charge in [0.2, 0.25) is 0 Å². The van der Waals surface area contributed by atoms with Crippen LogP contribution in [0.1, 0.15) is 29.5 Å². The number of thiazole rings is 1. The van der Waals surface area contributed by atoms with Gasteiger partial charge >= 0.3 is 0 Å². The molecule has 0 saturated carbocycles. The van der Waals surface area contributed by atoms with Gasteiger partial charge in [-0.2, -0.15) is 0 Å². The third-order valence-corrected chi connectivity index (χ3v) is 5.24. The highest BCUT2D eigenvalue weighted by Gasteiger charge is 2.20. The summed E-state index contributed by atoms with van der Waals surface area (Å²) in [5.74, 6) is 0.189. The van der Waals surface area contributed by atoms with Crippen molar-refractivity contribution in [2.45, 2.75) is 20.3 Å². The van der Waals surface area contributed by atoms with E-state index in [1.54, 1.807) is 11.3 Å². The van der Waals surface area contributed by atoms with Gasteiger partial charge < -0.3 is 19.4 Å². The van der Waals surface area contributed by atoms with Gasteiger partial charge in [0.1, 0.15) is 5.58 Å². The number of amides is 1. The molecule has 3 rings (SSSR count). The minimum atomic E-state index is -0.185. The lowest BCUT2D eigenvalue weighted by Gasteiger charge is -2.04. The Hall–Kier alpha value is -2.12. The molecule has 0 fully saturated rings. The van der Waals surface area contributed by atoms with Gasteiger partial charge in [0.15, 0.2) is 10.9 Å². The molecule has 0 aliphatic carbocycles. The molecule has 0 saturated heterocycles. The minimum Gasteiger partial charge on any atom is -0.451 e. The summed E-state index contributed by atoms with van der Waals surface area (Å²) in [7, 11) is 3.94. The molecule has 0 radical (unpaired) electrons. The highest BCUT2D eigenvalue weighted by Crippen LogP contribution is 2.37. The molecule has 134 valence electrons. The number of carbonyl (C=O) groups excluding carboxylic acids is 1. The van der Waals surface area contributed by atoms with Crippen molar-refractivity contribution in [1.82, 2.24) is 10.3 Å². The van der Waals surface area contributed by atoms with Gasteiger partial charge in [0.25, 0.3) is 5.91 Å². The number of ether oxygens (including phenoxy) is 1. The van der Waals surface area contributed by atoms with E-state index in [0.717, 1.165) is 38.3 Å². The summed E-state index contributed by atoms with van der Waals surface area (Å²) in [6.45, 7) is 5.78. The Morgan fingerprint density at radius 2 is 2.20 bits per heavy atom. The minimum absolute atomic E-state index is 0.185. The Labute approximate surface area is 150 Å². The maximum absolute atomic E-state index is 12.5. The van der Waals surface area contributed by atoms with Gasteiger partial charge in [0.05, 0.1) is 10.2 Å². The van der Waals surface area contributed by atoms with Crippen LogP contribution in [0.15, 0.2) is 16.5 Å². The Morgan fingerprint density at radius 3 is 2.92 bits per heavy atom. The number of hydrogen-bond acceptors (Lipinski definition) is 6. The van der Waals surface area contributed by atoms with Crippen molar-refractivity contribution in [3.05, 3.63) is 23.5 Å². The van der Waals surface area contributed by atoms with Crippen LogP contribution in [0.5, 0.6) is 0 Å². The zero-order chi connectivity index (χ0) is 18.0. The number of fused-ring (bicyclic) bond motifs is 3. The highest BCUT2D eigenvalue weighted by atomic mass is 32.1. The van der Waals surface area contributed by atoms with E-state index in [9.17, 15) is 4.79 Å². The summed E-state index contributed by atoms with van der Waals surface area (Å²) in [6.07, 6.45) is 0.782. The third kappa shape index (κ3) is 3.48. The molecule has 0 aliphatic heterocycles. The molecule has 7 heteroatoms. The van der Waals surface area contributed by atoms with Crippen molar-refractivity contribution in [1.29, 1.82) is 0 Å². The lowest BCUT2D eigenvalue weighted by atomic mass is 10.1. The molecule has 0 spiro atoms. The monoisotopic (exact) mass is 361 g/mol.